The van der Waals surface area contributed by atoms with E-state index in [4.69, 9.17) is 27.9 Å². The summed E-state index contributed by atoms with van der Waals surface area (Å²) in [6.07, 6.45) is -5.66. The van der Waals surface area contributed by atoms with Crippen molar-refractivity contribution in [2.75, 3.05) is 23.8 Å². The number of aliphatic hydroxyl groups is 1. The summed E-state index contributed by atoms with van der Waals surface area (Å²) in [6, 6.07) is 10.8. The first-order chi connectivity index (χ1) is 18.9. The predicted octanol–water partition coefficient (Wildman–Crippen LogP) is 5.45. The van der Waals surface area contributed by atoms with Crippen molar-refractivity contribution in [2.24, 2.45) is 5.92 Å². The van der Waals surface area contributed by atoms with Gasteiger partial charge in [-0.2, -0.15) is 0 Å². The van der Waals surface area contributed by atoms with Gasteiger partial charge in [-0.3, -0.25) is 4.79 Å². The molecule has 0 spiro atoms. The van der Waals surface area contributed by atoms with Gasteiger partial charge in [-0.05, 0) is 41.7 Å². The van der Waals surface area contributed by atoms with E-state index in [1.54, 1.807) is 36.4 Å². The molecular weight excluding hydrogens is 578 g/mol. The van der Waals surface area contributed by atoms with Gasteiger partial charge in [-0.15, -0.1) is 13.2 Å². The van der Waals surface area contributed by atoms with Crippen LogP contribution in [0.4, 0.5) is 24.5 Å². The molecule has 0 radical (unpaired) electrons. The highest BCUT2D eigenvalue weighted by molar-refractivity contribution is 6.39. The van der Waals surface area contributed by atoms with Gasteiger partial charge in [-0.1, -0.05) is 47.5 Å². The Morgan fingerprint density at radius 1 is 1.00 bits per heavy atom. The highest BCUT2D eigenvalue weighted by Gasteiger charge is 2.33. The first-order valence-corrected chi connectivity index (χ1v) is 12.8. The monoisotopic (exact) mass is 601 g/mol. The van der Waals surface area contributed by atoms with Crippen molar-refractivity contribution in [1.82, 2.24) is 5.32 Å². The molecule has 14 heteroatoms. The molecule has 0 aromatic heterocycles. The van der Waals surface area contributed by atoms with Gasteiger partial charge in [-0.25, -0.2) is 4.79 Å². The predicted molar refractivity (Wildman–Crippen MR) is 143 cm³/mol. The first-order valence-electron chi connectivity index (χ1n) is 12.0. The minimum absolute atomic E-state index is 0.0454. The molecule has 1 saturated heterocycles. The largest absolute Gasteiger partial charge is 0.573 e. The maximum atomic E-state index is 13.4. The van der Waals surface area contributed by atoms with Gasteiger partial charge >= 0.3 is 12.3 Å². The van der Waals surface area contributed by atoms with Crippen LogP contribution in [0.3, 0.4) is 0 Å². The highest BCUT2D eigenvalue weighted by atomic mass is 35.5. The molecule has 5 N–H and O–H groups in total. The number of aliphatic carboxylic acids is 1. The van der Waals surface area contributed by atoms with E-state index in [1.807, 2.05) is 0 Å². The third kappa shape index (κ3) is 7.39. The average Bonchev–Trinajstić information content (AvgIpc) is 2.88. The van der Waals surface area contributed by atoms with E-state index >= 15 is 0 Å². The second kappa shape index (κ2) is 12.4. The molecule has 1 aliphatic rings. The Balaban J connectivity index is 1.59. The van der Waals surface area contributed by atoms with E-state index < -0.39 is 36.4 Å². The number of carboxylic acid groups (broad SMARTS) is 1. The van der Waals surface area contributed by atoms with Crippen LogP contribution in [0.15, 0.2) is 48.5 Å². The van der Waals surface area contributed by atoms with Crippen molar-refractivity contribution < 1.29 is 42.4 Å². The number of carbonyl (C=O) groups is 2. The summed E-state index contributed by atoms with van der Waals surface area (Å²) >= 11 is 12.1. The Morgan fingerprint density at radius 3 is 2.17 bits per heavy atom. The van der Waals surface area contributed by atoms with E-state index in [1.165, 1.54) is 0 Å². The van der Waals surface area contributed by atoms with Crippen LogP contribution in [0.1, 0.15) is 23.2 Å². The number of amides is 1. The second-order valence-electron chi connectivity index (χ2n) is 8.99. The molecular formula is C26H24Cl2F3N3O6. The summed E-state index contributed by atoms with van der Waals surface area (Å²) in [6.45, 7) is 0.777. The number of ether oxygens (including phenoxy) is 2. The number of halogens is 5. The van der Waals surface area contributed by atoms with Crippen molar-refractivity contribution in [3.8, 4) is 5.75 Å². The van der Waals surface area contributed by atoms with Crippen LogP contribution in [0, 0.1) is 5.92 Å². The molecule has 9 nitrogen and oxygen atoms in total. The number of alkyl halides is 3. The van der Waals surface area contributed by atoms with E-state index in [9.17, 15) is 33.0 Å². The summed E-state index contributed by atoms with van der Waals surface area (Å²) in [5.41, 5.74) is 0.0793. The molecule has 2 unspecified atom stereocenters. The molecule has 4 rings (SSSR count). The van der Waals surface area contributed by atoms with Crippen molar-refractivity contribution in [1.29, 1.82) is 0 Å². The number of hydrogen-bond acceptors (Lipinski definition) is 7. The lowest BCUT2D eigenvalue weighted by Crippen LogP contribution is -2.47. The number of carboxylic acids is 1. The normalized spacial score (nSPS) is 15.8. The van der Waals surface area contributed by atoms with Gasteiger partial charge in [0.05, 0.1) is 27.0 Å². The van der Waals surface area contributed by atoms with Gasteiger partial charge in [0, 0.05) is 25.3 Å². The van der Waals surface area contributed by atoms with E-state index in [0.29, 0.717) is 36.8 Å². The Labute approximate surface area is 236 Å². The molecule has 214 valence electrons. The smallest absolute Gasteiger partial charge is 0.480 e. The van der Waals surface area contributed by atoms with Crippen LogP contribution in [0.5, 0.6) is 5.75 Å². The lowest BCUT2D eigenvalue weighted by atomic mass is 9.91. The van der Waals surface area contributed by atoms with Crippen LogP contribution in [0.2, 0.25) is 10.0 Å². The number of aliphatic hydroxyl groups excluding tert-OH is 1. The Kier molecular flexibility index (Phi) is 9.14. The highest BCUT2D eigenvalue weighted by Crippen LogP contribution is 2.37. The number of carbonyl (C=O) groups excluding carboxylic acids is 1. The fourth-order valence-corrected chi connectivity index (χ4v) is 4.97. The van der Waals surface area contributed by atoms with Gasteiger partial charge in [0.15, 0.2) is 0 Å². The second-order valence-corrected chi connectivity index (χ2v) is 9.80. The fourth-order valence-electron chi connectivity index (χ4n) is 4.40. The molecule has 40 heavy (non-hydrogen) atoms. The van der Waals surface area contributed by atoms with E-state index in [0.717, 1.165) is 12.1 Å². The van der Waals surface area contributed by atoms with Crippen LogP contribution < -0.4 is 20.7 Å². The minimum Gasteiger partial charge on any atom is -0.480 e. The molecule has 0 saturated carbocycles. The summed E-state index contributed by atoms with van der Waals surface area (Å²) in [4.78, 5) is 25.4. The maximum absolute atomic E-state index is 13.4. The zero-order chi connectivity index (χ0) is 29.0. The molecule has 2 atom stereocenters. The van der Waals surface area contributed by atoms with Gasteiger partial charge in [0.25, 0.3) is 5.91 Å². The van der Waals surface area contributed by atoms with E-state index in [-0.39, 0.29) is 32.9 Å². The lowest BCUT2D eigenvalue weighted by molar-refractivity contribution is -0.274. The number of hydrogen-bond donors (Lipinski definition) is 5. The third-order valence-corrected chi connectivity index (χ3v) is 6.84. The van der Waals surface area contributed by atoms with Crippen molar-refractivity contribution >= 4 is 57.2 Å². The summed E-state index contributed by atoms with van der Waals surface area (Å²) in [5, 5.41) is 29.2. The standard InChI is InChI=1S/C26H24Cl2F3N3O6/c27-18-11-16(40-26(29,30)31)12-19(28)22(18)34-25(38)32-20-10-15-4-2-1-3-14(15)9-17(20)23(35)33-21(24(36)37)13-5-7-39-8-6-13/h1-4,9-13,21,25,32,34,38H,5-8H2,(H,33,35)(H,36,37). The number of benzene rings is 3. The van der Waals surface area contributed by atoms with Crippen LogP contribution in [0.25, 0.3) is 10.8 Å². The average molecular weight is 602 g/mol. The Bertz CT molecular complexity index is 1380. The quantitative estimate of drug-likeness (QED) is 0.205. The van der Waals surface area contributed by atoms with Crippen molar-refractivity contribution in [3.05, 3.63) is 64.1 Å². The molecule has 1 amide bonds. The Hall–Kier alpha value is -3.45. The number of fused-ring (bicyclic) bond motifs is 1. The zero-order valence-corrected chi connectivity index (χ0v) is 22.1. The molecule has 0 aliphatic carbocycles. The summed E-state index contributed by atoms with van der Waals surface area (Å²) in [7, 11) is 0. The topological polar surface area (TPSA) is 129 Å². The number of rotatable bonds is 9. The van der Waals surface area contributed by atoms with E-state index in [2.05, 4.69) is 20.7 Å². The molecule has 3 aromatic rings. The van der Waals surface area contributed by atoms with Crippen LogP contribution >= 0.6 is 23.2 Å². The molecule has 3 aromatic carbocycles. The SMILES string of the molecule is O=C(NC(C(=O)O)C1CCOCC1)c1cc2ccccc2cc1NC(O)Nc1c(Cl)cc(OC(F)(F)F)cc1Cl. The van der Waals surface area contributed by atoms with Crippen molar-refractivity contribution in [3.63, 3.8) is 0 Å². The molecule has 1 aliphatic heterocycles. The van der Waals surface area contributed by atoms with Gasteiger partial charge < -0.3 is 35.6 Å². The van der Waals surface area contributed by atoms with Crippen LogP contribution in [-0.4, -0.2) is 54.1 Å². The minimum atomic E-state index is -4.96. The first kappa shape index (κ1) is 29.5. The van der Waals surface area contributed by atoms with Gasteiger partial charge in [0.1, 0.15) is 11.8 Å². The zero-order valence-electron chi connectivity index (χ0n) is 20.6. The van der Waals surface area contributed by atoms with Crippen LogP contribution in [-0.2, 0) is 9.53 Å². The third-order valence-electron chi connectivity index (χ3n) is 6.24. The summed E-state index contributed by atoms with van der Waals surface area (Å²) in [5.74, 6) is -2.85. The lowest BCUT2D eigenvalue weighted by Gasteiger charge is -2.28. The Morgan fingerprint density at radius 2 is 1.60 bits per heavy atom. The fraction of sp³-hybridized carbons (Fsp3) is 0.308. The maximum Gasteiger partial charge on any atom is 0.573 e. The molecule has 1 fully saturated rings. The number of nitrogens with one attached hydrogen (secondary N) is 3. The van der Waals surface area contributed by atoms with Gasteiger partial charge in [0.2, 0.25) is 6.35 Å². The molecule has 0 bridgehead atoms. The number of anilines is 2. The summed E-state index contributed by atoms with van der Waals surface area (Å²) < 4.78 is 46.8. The van der Waals surface area contributed by atoms with Crippen molar-refractivity contribution in [2.45, 2.75) is 31.6 Å². The molecule has 1 heterocycles.